The molecule has 9 heteroatoms. The van der Waals surface area contributed by atoms with Crippen LogP contribution in [-0.4, -0.2) is 26.1 Å². The monoisotopic (exact) mass is 374 g/mol. The van der Waals surface area contributed by atoms with E-state index in [9.17, 15) is 29.2 Å². The molecule has 0 atom stereocenters. The van der Waals surface area contributed by atoms with E-state index in [2.05, 4.69) is 0 Å². The van der Waals surface area contributed by atoms with Gasteiger partial charge in [0.15, 0.2) is 11.6 Å². The van der Waals surface area contributed by atoms with Gasteiger partial charge in [-0.2, -0.15) is 0 Å². The molecule has 2 amide bonds. The molecule has 1 aliphatic heterocycles. The number of carbonyl (C=O) groups excluding carboxylic acids is 2. The minimum atomic E-state index is -0.791. The number of halogens is 1. The molecule has 26 heavy (non-hydrogen) atoms. The second kappa shape index (κ2) is 6.96. The zero-order valence-corrected chi connectivity index (χ0v) is 13.9. The van der Waals surface area contributed by atoms with E-state index in [0.29, 0.717) is 22.9 Å². The Balaban J connectivity index is 1.82. The van der Waals surface area contributed by atoms with Crippen molar-refractivity contribution < 1.29 is 24.0 Å². The topological polar surface area (TPSA) is 101 Å². The average Bonchev–Trinajstić information content (AvgIpc) is 2.86. The molecular weight excluding hydrogens is 363 g/mol. The van der Waals surface area contributed by atoms with Gasteiger partial charge in [-0.3, -0.25) is 24.6 Å². The van der Waals surface area contributed by atoms with Crippen molar-refractivity contribution in [3.8, 4) is 5.75 Å². The van der Waals surface area contributed by atoms with Crippen molar-refractivity contribution in [2.45, 2.75) is 6.54 Å². The Morgan fingerprint density at radius 2 is 2.00 bits per heavy atom. The van der Waals surface area contributed by atoms with Crippen molar-refractivity contribution in [3.63, 3.8) is 0 Å². The van der Waals surface area contributed by atoms with Crippen LogP contribution in [0.5, 0.6) is 5.75 Å². The van der Waals surface area contributed by atoms with Crippen LogP contribution in [0.1, 0.15) is 11.1 Å². The van der Waals surface area contributed by atoms with Gasteiger partial charge in [0.1, 0.15) is 0 Å². The first-order valence-electron chi connectivity index (χ1n) is 7.32. The summed E-state index contributed by atoms with van der Waals surface area (Å²) in [5, 5.41) is 19.7. The van der Waals surface area contributed by atoms with Crippen molar-refractivity contribution in [2.24, 2.45) is 0 Å². The number of hydrogen-bond donors (Lipinski definition) is 1. The Morgan fingerprint density at radius 3 is 2.69 bits per heavy atom. The smallest absolute Gasteiger partial charge is 0.293 e. The van der Waals surface area contributed by atoms with Crippen LogP contribution in [0.2, 0.25) is 0 Å². The molecule has 0 aliphatic carbocycles. The van der Waals surface area contributed by atoms with E-state index in [0.717, 1.165) is 17.0 Å². The first-order valence-corrected chi connectivity index (χ1v) is 8.14. The largest absolute Gasteiger partial charge is 0.505 e. The van der Waals surface area contributed by atoms with E-state index in [4.69, 9.17) is 0 Å². The lowest BCUT2D eigenvalue weighted by Gasteiger charge is -2.12. The van der Waals surface area contributed by atoms with Crippen LogP contribution in [-0.2, 0) is 11.3 Å². The Hall–Kier alpha value is -3.20. The number of rotatable bonds is 4. The zero-order chi connectivity index (χ0) is 18.8. The maximum atomic E-state index is 13.1. The molecule has 3 rings (SSSR count). The van der Waals surface area contributed by atoms with Gasteiger partial charge in [0.2, 0.25) is 0 Å². The highest BCUT2D eigenvalue weighted by Gasteiger charge is 2.35. The van der Waals surface area contributed by atoms with Crippen LogP contribution in [0, 0.1) is 15.9 Å². The number of aromatic hydroxyl groups is 1. The molecule has 1 aliphatic rings. The number of phenolic OH excluding ortho intramolecular Hbond substituents is 1. The second-order valence-corrected chi connectivity index (χ2v) is 6.40. The van der Waals surface area contributed by atoms with Gasteiger partial charge < -0.3 is 5.11 Å². The van der Waals surface area contributed by atoms with Gasteiger partial charge in [0, 0.05) is 12.1 Å². The molecule has 0 saturated carbocycles. The lowest BCUT2D eigenvalue weighted by Crippen LogP contribution is -2.27. The normalized spacial score (nSPS) is 15.7. The summed E-state index contributed by atoms with van der Waals surface area (Å²) in [6, 6.07) is 9.23. The highest BCUT2D eigenvalue weighted by atomic mass is 32.2. The third kappa shape index (κ3) is 3.57. The minimum absolute atomic E-state index is 0.0989. The summed E-state index contributed by atoms with van der Waals surface area (Å²) in [6.45, 7) is -0.0989. The molecule has 0 bridgehead atoms. The fourth-order valence-electron chi connectivity index (χ4n) is 2.36. The molecule has 1 saturated heterocycles. The maximum absolute atomic E-state index is 13.1. The summed E-state index contributed by atoms with van der Waals surface area (Å²) in [5.74, 6) is -1.91. The van der Waals surface area contributed by atoms with Crippen molar-refractivity contribution in [1.82, 2.24) is 4.90 Å². The molecule has 7 nitrogen and oxygen atoms in total. The number of nitro benzene ring substituents is 1. The number of carbonyl (C=O) groups is 2. The number of amides is 2. The predicted octanol–water partition coefficient (Wildman–Crippen LogP) is 3.68. The third-order valence-electron chi connectivity index (χ3n) is 3.60. The maximum Gasteiger partial charge on any atom is 0.293 e. The zero-order valence-electron chi connectivity index (χ0n) is 13.1. The molecule has 0 spiro atoms. The summed E-state index contributed by atoms with van der Waals surface area (Å²) < 4.78 is 13.1. The van der Waals surface area contributed by atoms with Crippen molar-refractivity contribution in [3.05, 3.63) is 74.4 Å². The lowest BCUT2D eigenvalue weighted by molar-refractivity contribution is -0.384. The molecule has 2 aromatic carbocycles. The average molecular weight is 374 g/mol. The number of nitro groups is 1. The quantitative estimate of drug-likeness (QED) is 0.498. The van der Waals surface area contributed by atoms with Crippen LogP contribution in [0.15, 0.2) is 47.4 Å². The summed E-state index contributed by atoms with van der Waals surface area (Å²) in [7, 11) is 0. The number of nitrogens with zero attached hydrogens (tertiary/aromatic N) is 2. The predicted molar refractivity (Wildman–Crippen MR) is 92.7 cm³/mol. The van der Waals surface area contributed by atoms with Crippen LogP contribution in [0.4, 0.5) is 14.9 Å². The molecule has 2 aromatic rings. The fraction of sp³-hybridized carbons (Fsp3) is 0.0588. The number of benzene rings is 2. The van der Waals surface area contributed by atoms with Crippen LogP contribution in [0.3, 0.4) is 0 Å². The van der Waals surface area contributed by atoms with Crippen molar-refractivity contribution in [1.29, 1.82) is 0 Å². The highest BCUT2D eigenvalue weighted by Crippen LogP contribution is 2.34. The number of thioether (sulfide) groups is 1. The van der Waals surface area contributed by atoms with Gasteiger partial charge in [-0.1, -0.05) is 18.2 Å². The van der Waals surface area contributed by atoms with E-state index in [1.54, 1.807) is 6.07 Å². The van der Waals surface area contributed by atoms with E-state index in [1.165, 1.54) is 30.3 Å². The molecule has 0 unspecified atom stereocenters. The molecule has 1 heterocycles. The Labute approximate surface area is 150 Å². The number of non-ortho nitro benzene ring substituents is 1. The van der Waals surface area contributed by atoms with E-state index in [-0.39, 0.29) is 17.1 Å². The third-order valence-corrected chi connectivity index (χ3v) is 4.51. The van der Waals surface area contributed by atoms with Gasteiger partial charge >= 0.3 is 0 Å². The molecule has 1 fully saturated rings. The SMILES string of the molecule is O=C1S/C(=C\c2ccc(F)c(O)c2)C(=O)N1Cc1cccc([N+](=O)[O-])c1. The first-order chi connectivity index (χ1) is 12.3. The Kier molecular flexibility index (Phi) is 4.72. The van der Waals surface area contributed by atoms with Gasteiger partial charge in [-0.15, -0.1) is 0 Å². The summed E-state index contributed by atoms with van der Waals surface area (Å²) in [4.78, 5) is 35.9. The first kappa shape index (κ1) is 17.6. The van der Waals surface area contributed by atoms with E-state index >= 15 is 0 Å². The Morgan fingerprint density at radius 1 is 1.23 bits per heavy atom. The number of phenols is 1. The minimum Gasteiger partial charge on any atom is -0.505 e. The van der Waals surface area contributed by atoms with Crippen LogP contribution in [0.25, 0.3) is 6.08 Å². The van der Waals surface area contributed by atoms with Gasteiger partial charge in [0.25, 0.3) is 16.8 Å². The van der Waals surface area contributed by atoms with E-state index < -0.39 is 27.6 Å². The molecule has 0 aromatic heterocycles. The van der Waals surface area contributed by atoms with Crippen LogP contribution >= 0.6 is 11.8 Å². The van der Waals surface area contributed by atoms with Crippen LogP contribution < -0.4 is 0 Å². The summed E-state index contributed by atoms with van der Waals surface area (Å²) >= 11 is 0.706. The van der Waals surface area contributed by atoms with Crippen molar-refractivity contribution in [2.75, 3.05) is 0 Å². The molecule has 1 N–H and O–H groups in total. The molecule has 0 radical (unpaired) electrons. The number of imide groups is 1. The standard InChI is InChI=1S/C17H11FN2O5S/c18-13-5-4-10(7-14(13)21)8-15-16(22)19(17(23)26-15)9-11-2-1-3-12(6-11)20(24)25/h1-8,21H,9H2/b15-8-. The molecule has 132 valence electrons. The summed E-state index contributed by atoms with van der Waals surface area (Å²) in [6.07, 6.45) is 1.37. The van der Waals surface area contributed by atoms with Gasteiger partial charge in [0.05, 0.1) is 16.4 Å². The van der Waals surface area contributed by atoms with Crippen molar-refractivity contribution >= 4 is 34.7 Å². The second-order valence-electron chi connectivity index (χ2n) is 5.41. The number of hydrogen-bond acceptors (Lipinski definition) is 6. The lowest BCUT2D eigenvalue weighted by atomic mass is 10.1. The molecular formula is C17H11FN2O5S. The van der Waals surface area contributed by atoms with Gasteiger partial charge in [-0.05, 0) is 41.1 Å². The summed E-state index contributed by atoms with van der Waals surface area (Å²) in [5.41, 5.74) is 0.679. The highest BCUT2D eigenvalue weighted by molar-refractivity contribution is 8.18. The Bertz CT molecular complexity index is 960. The van der Waals surface area contributed by atoms with Gasteiger partial charge in [-0.25, -0.2) is 4.39 Å². The fourth-order valence-corrected chi connectivity index (χ4v) is 3.20. The van der Waals surface area contributed by atoms with E-state index in [1.807, 2.05) is 0 Å².